The van der Waals surface area contributed by atoms with Gasteiger partial charge in [-0.1, -0.05) is 37.1 Å². The second-order valence-corrected chi connectivity index (χ2v) is 7.64. The van der Waals surface area contributed by atoms with Gasteiger partial charge in [0, 0.05) is 30.2 Å². The third-order valence-corrected chi connectivity index (χ3v) is 5.24. The van der Waals surface area contributed by atoms with E-state index in [1.54, 1.807) is 25.4 Å². The minimum absolute atomic E-state index is 0.0406. The van der Waals surface area contributed by atoms with Crippen molar-refractivity contribution >= 4 is 23.1 Å². The number of amides is 1. The number of nitrogen functional groups attached to an aromatic ring is 1. The molecular weight excluding hydrogens is 402 g/mol. The summed E-state index contributed by atoms with van der Waals surface area (Å²) in [5.74, 6) is 0.819. The van der Waals surface area contributed by atoms with Crippen LogP contribution in [0, 0.1) is 0 Å². The van der Waals surface area contributed by atoms with E-state index < -0.39 is 0 Å². The van der Waals surface area contributed by atoms with Crippen LogP contribution < -0.4 is 15.8 Å². The Labute approximate surface area is 188 Å². The summed E-state index contributed by atoms with van der Waals surface area (Å²) in [4.78, 5) is 28.9. The first kappa shape index (κ1) is 23.0. The van der Waals surface area contributed by atoms with Gasteiger partial charge in [0.05, 0.1) is 24.2 Å². The number of ether oxygens (including phenoxy) is 1. The largest absolute Gasteiger partial charge is 0.497 e. The van der Waals surface area contributed by atoms with Crippen LogP contribution in [-0.4, -0.2) is 23.8 Å². The van der Waals surface area contributed by atoms with Gasteiger partial charge in [0.2, 0.25) is 5.91 Å². The lowest BCUT2D eigenvalue weighted by Crippen LogP contribution is -2.12. The maximum Gasteiger partial charge on any atom is 0.224 e. The van der Waals surface area contributed by atoms with Crippen LogP contribution in [0.15, 0.2) is 66.9 Å². The molecule has 1 aromatic heterocycles. The van der Waals surface area contributed by atoms with Crippen molar-refractivity contribution in [1.29, 1.82) is 0 Å². The molecule has 0 saturated heterocycles. The number of nitrogens with zero attached hydrogens (tertiary/aromatic N) is 1. The molecule has 6 heteroatoms. The summed E-state index contributed by atoms with van der Waals surface area (Å²) in [6.45, 7) is 0. The summed E-state index contributed by atoms with van der Waals surface area (Å²) in [6, 6.07) is 18.6. The Morgan fingerprint density at radius 1 is 0.938 bits per heavy atom. The number of hydrogen-bond donors (Lipinski definition) is 2. The number of methoxy groups -OCH3 is 1. The zero-order chi connectivity index (χ0) is 22.8. The van der Waals surface area contributed by atoms with Crippen LogP contribution in [0.25, 0.3) is 11.3 Å². The zero-order valence-corrected chi connectivity index (χ0v) is 18.3. The molecule has 2 aromatic carbocycles. The molecule has 32 heavy (non-hydrogen) atoms. The Hall–Kier alpha value is -3.67. The van der Waals surface area contributed by atoms with E-state index in [0.717, 1.165) is 42.7 Å². The first-order chi connectivity index (χ1) is 15.6. The number of rotatable bonds is 11. The first-order valence-electron chi connectivity index (χ1n) is 10.8. The Balaban J connectivity index is 1.36. The van der Waals surface area contributed by atoms with Crippen LogP contribution >= 0.6 is 0 Å². The summed E-state index contributed by atoms with van der Waals surface area (Å²) >= 11 is 0. The van der Waals surface area contributed by atoms with Crippen molar-refractivity contribution < 1.29 is 14.3 Å². The van der Waals surface area contributed by atoms with Crippen molar-refractivity contribution in [1.82, 2.24) is 4.98 Å². The Kier molecular flexibility index (Phi) is 8.37. The summed E-state index contributed by atoms with van der Waals surface area (Å²) in [5.41, 5.74) is 9.41. The summed E-state index contributed by atoms with van der Waals surface area (Å²) < 4.78 is 5.25. The highest BCUT2D eigenvalue weighted by Crippen LogP contribution is 2.22. The molecule has 0 unspecified atom stereocenters. The van der Waals surface area contributed by atoms with E-state index in [2.05, 4.69) is 10.3 Å². The lowest BCUT2D eigenvalue weighted by molar-refractivity contribution is -0.116. The number of anilines is 2. The smallest absolute Gasteiger partial charge is 0.224 e. The third-order valence-electron chi connectivity index (χ3n) is 5.24. The van der Waals surface area contributed by atoms with Crippen molar-refractivity contribution in [3.63, 3.8) is 0 Å². The fraction of sp³-hybridized carbons (Fsp3) is 0.269. The van der Waals surface area contributed by atoms with Gasteiger partial charge in [-0.05, 0) is 49.2 Å². The van der Waals surface area contributed by atoms with Gasteiger partial charge >= 0.3 is 0 Å². The molecule has 1 amide bonds. The Morgan fingerprint density at radius 2 is 1.72 bits per heavy atom. The number of aromatic nitrogens is 1. The van der Waals surface area contributed by atoms with Crippen molar-refractivity contribution in [3.8, 4) is 17.0 Å². The molecule has 0 atom stereocenters. The fourth-order valence-corrected chi connectivity index (χ4v) is 3.40. The number of carbonyl (C=O) groups excluding carboxylic acids is 2. The predicted octanol–water partition coefficient (Wildman–Crippen LogP) is 5.50. The van der Waals surface area contributed by atoms with Crippen molar-refractivity contribution in [3.05, 3.63) is 72.4 Å². The number of benzene rings is 2. The number of ketones is 1. The van der Waals surface area contributed by atoms with Gasteiger partial charge in [-0.2, -0.15) is 0 Å². The first-order valence-corrected chi connectivity index (χ1v) is 10.8. The summed E-state index contributed by atoms with van der Waals surface area (Å²) in [5, 5.41) is 2.83. The topological polar surface area (TPSA) is 94.3 Å². The quantitative estimate of drug-likeness (QED) is 0.237. The molecule has 3 N–H and O–H groups in total. The summed E-state index contributed by atoms with van der Waals surface area (Å²) in [7, 11) is 1.63. The average Bonchev–Trinajstić information content (AvgIpc) is 2.82. The number of carbonyl (C=O) groups is 2. The fourth-order valence-electron chi connectivity index (χ4n) is 3.40. The lowest BCUT2D eigenvalue weighted by Gasteiger charge is -2.07. The van der Waals surface area contributed by atoms with Crippen LogP contribution in [0.4, 0.5) is 11.4 Å². The summed E-state index contributed by atoms with van der Waals surface area (Å²) in [6.07, 6.45) is 5.94. The Morgan fingerprint density at radius 3 is 2.44 bits per heavy atom. The minimum Gasteiger partial charge on any atom is -0.497 e. The predicted molar refractivity (Wildman–Crippen MR) is 128 cm³/mol. The molecule has 0 spiro atoms. The van der Waals surface area contributed by atoms with Gasteiger partial charge in [-0.15, -0.1) is 0 Å². The van der Waals surface area contributed by atoms with E-state index in [4.69, 9.17) is 10.5 Å². The molecule has 3 rings (SSSR count). The maximum atomic E-state index is 12.4. The van der Waals surface area contributed by atoms with Gasteiger partial charge in [-0.3, -0.25) is 14.6 Å². The van der Waals surface area contributed by atoms with Gasteiger partial charge in [0.1, 0.15) is 5.75 Å². The highest BCUT2D eigenvalue weighted by molar-refractivity contribution is 5.96. The highest BCUT2D eigenvalue weighted by Gasteiger charge is 2.09. The molecule has 166 valence electrons. The van der Waals surface area contributed by atoms with Crippen LogP contribution in [-0.2, 0) is 4.79 Å². The molecule has 1 heterocycles. The van der Waals surface area contributed by atoms with Crippen LogP contribution in [0.2, 0.25) is 0 Å². The highest BCUT2D eigenvalue weighted by atomic mass is 16.5. The molecular formula is C26H29N3O3. The normalized spacial score (nSPS) is 10.5. The van der Waals surface area contributed by atoms with E-state index >= 15 is 0 Å². The number of pyridine rings is 1. The molecule has 0 saturated carbocycles. The zero-order valence-electron chi connectivity index (χ0n) is 18.3. The number of Topliss-reactive ketones (excluding diaryl/α,β-unsaturated/α-hetero) is 1. The van der Waals surface area contributed by atoms with Crippen molar-refractivity contribution in [2.24, 2.45) is 0 Å². The van der Waals surface area contributed by atoms with Crippen molar-refractivity contribution in [2.45, 2.75) is 38.5 Å². The lowest BCUT2D eigenvalue weighted by atomic mass is 10.0. The number of nitrogens with two attached hydrogens (primary N) is 1. The SMILES string of the molecule is COc1cccc(-c2ccc(C(=O)CCCCCCC(=O)Nc3ccccc3N)cn2)c1. The second-order valence-electron chi connectivity index (χ2n) is 7.64. The van der Waals surface area contributed by atoms with E-state index in [9.17, 15) is 9.59 Å². The van der Waals surface area contributed by atoms with Crippen LogP contribution in [0.3, 0.4) is 0 Å². The maximum absolute atomic E-state index is 12.4. The van der Waals surface area contributed by atoms with E-state index in [-0.39, 0.29) is 11.7 Å². The van der Waals surface area contributed by atoms with Crippen LogP contribution in [0.1, 0.15) is 48.9 Å². The monoisotopic (exact) mass is 431 g/mol. The number of unbranched alkanes of at least 4 members (excludes halogenated alkanes) is 3. The number of nitrogens with one attached hydrogen (secondary N) is 1. The molecule has 0 radical (unpaired) electrons. The molecule has 0 fully saturated rings. The average molecular weight is 432 g/mol. The van der Waals surface area contributed by atoms with Gasteiger partial charge in [-0.25, -0.2) is 0 Å². The second kappa shape index (κ2) is 11.6. The molecule has 0 bridgehead atoms. The van der Waals surface area contributed by atoms with Gasteiger partial charge in [0.15, 0.2) is 5.78 Å². The minimum atomic E-state index is -0.0406. The standard InChI is InChI=1S/C26H29N3O3/c1-32-21-10-8-9-19(17-21)23-16-15-20(18-28-23)25(30)13-4-2-3-5-14-26(31)29-24-12-7-6-11-22(24)27/h6-12,15-18H,2-5,13-14,27H2,1H3,(H,29,31). The van der Waals surface area contributed by atoms with Gasteiger partial charge in [0.25, 0.3) is 0 Å². The molecule has 3 aromatic rings. The number of para-hydroxylation sites is 2. The van der Waals surface area contributed by atoms with E-state index in [0.29, 0.717) is 29.8 Å². The molecule has 0 aliphatic carbocycles. The van der Waals surface area contributed by atoms with Crippen LogP contribution in [0.5, 0.6) is 5.75 Å². The van der Waals surface area contributed by atoms with E-state index in [1.807, 2.05) is 48.5 Å². The Bertz CT molecular complexity index is 1050. The van der Waals surface area contributed by atoms with Gasteiger partial charge < -0.3 is 15.8 Å². The molecule has 6 nitrogen and oxygen atoms in total. The molecule has 0 aliphatic heterocycles. The number of hydrogen-bond acceptors (Lipinski definition) is 5. The van der Waals surface area contributed by atoms with E-state index in [1.165, 1.54) is 0 Å². The van der Waals surface area contributed by atoms with Crippen molar-refractivity contribution in [2.75, 3.05) is 18.2 Å². The third kappa shape index (κ3) is 6.67. The molecule has 0 aliphatic rings.